The maximum absolute atomic E-state index is 13.0. The molecular weight excluding hydrogens is 289 g/mol. The van der Waals surface area contributed by atoms with Gasteiger partial charge in [-0.15, -0.1) is 10.2 Å². The summed E-state index contributed by atoms with van der Waals surface area (Å²) < 4.78 is 23.7. The van der Waals surface area contributed by atoms with E-state index >= 15 is 0 Å². The van der Waals surface area contributed by atoms with Gasteiger partial charge in [-0.05, 0) is 19.1 Å². The Balaban J connectivity index is 1.67. The third kappa shape index (κ3) is 3.22. The molecule has 1 atom stereocenters. The first kappa shape index (κ1) is 14.1. The van der Waals surface area contributed by atoms with E-state index in [0.29, 0.717) is 17.1 Å². The fourth-order valence-corrected chi connectivity index (χ4v) is 1.66. The largest absolute Gasteiger partial charge is 0.470 e. The van der Waals surface area contributed by atoms with Gasteiger partial charge in [-0.1, -0.05) is 0 Å². The van der Waals surface area contributed by atoms with Crippen molar-refractivity contribution in [1.82, 2.24) is 25.1 Å². The molecule has 112 valence electrons. The molecule has 0 saturated heterocycles. The molecule has 0 aliphatic heterocycles. The Bertz CT molecular complexity index is 731. The second-order valence-corrected chi connectivity index (χ2v) is 4.43. The van der Waals surface area contributed by atoms with Gasteiger partial charge in [0, 0.05) is 18.6 Å². The van der Waals surface area contributed by atoms with Crippen LogP contribution in [-0.4, -0.2) is 25.1 Å². The van der Waals surface area contributed by atoms with Gasteiger partial charge in [-0.2, -0.15) is 0 Å². The van der Waals surface area contributed by atoms with E-state index in [1.54, 1.807) is 30.7 Å². The molecule has 0 radical (unpaired) electrons. The Hall–Kier alpha value is -2.90. The van der Waals surface area contributed by atoms with Crippen LogP contribution >= 0.6 is 0 Å². The lowest BCUT2D eigenvalue weighted by Gasteiger charge is -2.04. The number of pyridine rings is 1. The molecule has 0 saturated carbocycles. The third-order valence-electron chi connectivity index (χ3n) is 2.76. The van der Waals surface area contributed by atoms with Crippen LogP contribution in [0.3, 0.4) is 0 Å². The molecule has 0 amide bonds. The predicted molar refractivity (Wildman–Crippen MR) is 73.4 cm³/mol. The fourth-order valence-electron chi connectivity index (χ4n) is 1.66. The first-order valence-electron chi connectivity index (χ1n) is 6.54. The minimum absolute atomic E-state index is 0.0509. The van der Waals surface area contributed by atoms with E-state index in [1.165, 1.54) is 13.1 Å². The van der Waals surface area contributed by atoms with Crippen molar-refractivity contribution in [3.63, 3.8) is 0 Å². The molecule has 3 rings (SSSR count). The van der Waals surface area contributed by atoms with Gasteiger partial charge in [0.05, 0.1) is 17.5 Å². The van der Waals surface area contributed by atoms with Crippen molar-refractivity contribution in [3.05, 3.63) is 48.5 Å². The molecule has 3 aromatic heterocycles. The highest BCUT2D eigenvalue weighted by Gasteiger charge is 2.14. The predicted octanol–water partition coefficient (Wildman–Crippen LogP) is 2.53. The molecule has 0 spiro atoms. The zero-order valence-electron chi connectivity index (χ0n) is 11.7. The van der Waals surface area contributed by atoms with E-state index in [0.717, 1.165) is 0 Å². The Morgan fingerprint density at radius 1 is 1.18 bits per heavy atom. The highest BCUT2D eigenvalue weighted by Crippen LogP contribution is 2.21. The molecule has 0 bridgehead atoms. The summed E-state index contributed by atoms with van der Waals surface area (Å²) in [7, 11) is 0. The molecule has 1 unspecified atom stereocenters. The minimum atomic E-state index is -1.30. The fraction of sp³-hybridized carbons (Fsp3) is 0.214. The second kappa shape index (κ2) is 6.25. The molecule has 7 nitrogen and oxygen atoms in total. The van der Waals surface area contributed by atoms with Crippen LogP contribution in [0.25, 0.3) is 11.5 Å². The summed E-state index contributed by atoms with van der Waals surface area (Å²) in [5.41, 5.74) is 1.32. The first-order valence-corrected chi connectivity index (χ1v) is 6.54. The minimum Gasteiger partial charge on any atom is -0.470 e. The van der Waals surface area contributed by atoms with Gasteiger partial charge in [-0.25, -0.2) is 9.37 Å². The quantitative estimate of drug-likeness (QED) is 0.715. The zero-order chi connectivity index (χ0) is 15.4. The molecule has 0 aromatic carbocycles. The molecule has 0 aliphatic rings. The number of hydrogen-bond acceptors (Lipinski definition) is 7. The lowest BCUT2D eigenvalue weighted by molar-refractivity contribution is 0.288. The van der Waals surface area contributed by atoms with Gasteiger partial charge in [0.15, 0.2) is 6.17 Å². The highest BCUT2D eigenvalue weighted by atomic mass is 19.1. The highest BCUT2D eigenvalue weighted by molar-refractivity contribution is 5.50. The molecule has 0 aliphatic carbocycles. The Morgan fingerprint density at radius 2 is 2.09 bits per heavy atom. The molecule has 3 aromatic rings. The van der Waals surface area contributed by atoms with Gasteiger partial charge < -0.3 is 9.15 Å². The number of halogens is 1. The van der Waals surface area contributed by atoms with Crippen LogP contribution in [-0.2, 0) is 6.61 Å². The number of rotatable bonds is 5. The number of aromatic nitrogens is 5. The average molecular weight is 301 g/mol. The van der Waals surface area contributed by atoms with Crippen molar-refractivity contribution in [1.29, 1.82) is 0 Å². The van der Waals surface area contributed by atoms with Crippen molar-refractivity contribution < 1.29 is 13.5 Å². The summed E-state index contributed by atoms with van der Waals surface area (Å²) in [6.07, 6.45) is 4.90. The van der Waals surface area contributed by atoms with Gasteiger partial charge in [0.1, 0.15) is 6.61 Å². The second-order valence-electron chi connectivity index (χ2n) is 4.43. The van der Waals surface area contributed by atoms with Crippen LogP contribution in [0.15, 0.2) is 41.3 Å². The zero-order valence-corrected chi connectivity index (χ0v) is 11.7. The van der Waals surface area contributed by atoms with Crippen LogP contribution in [0.2, 0.25) is 0 Å². The van der Waals surface area contributed by atoms with Crippen LogP contribution < -0.4 is 4.74 Å². The number of ether oxygens (including phenoxy) is 1. The van der Waals surface area contributed by atoms with Crippen molar-refractivity contribution >= 4 is 0 Å². The molecule has 3 heterocycles. The maximum atomic E-state index is 13.0. The topological polar surface area (TPSA) is 86.8 Å². The van der Waals surface area contributed by atoms with Gasteiger partial charge >= 0.3 is 0 Å². The van der Waals surface area contributed by atoms with Crippen molar-refractivity contribution in [2.45, 2.75) is 19.7 Å². The van der Waals surface area contributed by atoms with Crippen molar-refractivity contribution in [2.24, 2.45) is 0 Å². The summed E-state index contributed by atoms with van der Waals surface area (Å²) in [4.78, 5) is 12.1. The summed E-state index contributed by atoms with van der Waals surface area (Å²) in [5, 5.41) is 7.42. The van der Waals surface area contributed by atoms with Gasteiger partial charge in [0.2, 0.25) is 11.8 Å². The van der Waals surface area contributed by atoms with E-state index in [9.17, 15) is 4.39 Å². The molecule has 8 heteroatoms. The lowest BCUT2D eigenvalue weighted by atomic mass is 10.2. The number of nitrogens with zero attached hydrogens (tertiary/aromatic N) is 5. The van der Waals surface area contributed by atoms with Gasteiger partial charge in [0.25, 0.3) is 5.89 Å². The average Bonchev–Trinajstić information content (AvgIpc) is 3.05. The number of hydrogen-bond donors (Lipinski definition) is 0. The Labute approximate surface area is 125 Å². The first-order chi connectivity index (χ1) is 10.7. The van der Waals surface area contributed by atoms with Crippen LogP contribution in [0.5, 0.6) is 5.88 Å². The summed E-state index contributed by atoms with van der Waals surface area (Å²) >= 11 is 0. The number of alkyl halides is 1. The maximum Gasteiger partial charge on any atom is 0.250 e. The molecular formula is C14H12FN5O2. The Morgan fingerprint density at radius 3 is 2.73 bits per heavy atom. The van der Waals surface area contributed by atoms with E-state index < -0.39 is 6.17 Å². The summed E-state index contributed by atoms with van der Waals surface area (Å²) in [6.45, 7) is 1.60. The molecule has 0 N–H and O–H groups in total. The summed E-state index contributed by atoms with van der Waals surface area (Å²) in [6, 6.07) is 3.51. The third-order valence-corrected chi connectivity index (χ3v) is 2.76. The van der Waals surface area contributed by atoms with Gasteiger partial charge in [-0.3, -0.25) is 9.97 Å². The smallest absolute Gasteiger partial charge is 0.250 e. The van der Waals surface area contributed by atoms with Crippen molar-refractivity contribution in [3.8, 4) is 17.3 Å². The molecule has 0 fully saturated rings. The standard InChI is InChI=1S/C14H12FN5O2/c1-9(15)13-19-20-14(22-13)10-2-3-11(18-6-10)8-21-12-7-16-4-5-17-12/h2-7,9H,8H2,1H3. The normalized spacial score (nSPS) is 12.1. The monoisotopic (exact) mass is 301 g/mol. The molecule has 22 heavy (non-hydrogen) atoms. The van der Waals surface area contributed by atoms with Crippen LogP contribution in [0, 0.1) is 0 Å². The van der Waals surface area contributed by atoms with Crippen LogP contribution in [0.4, 0.5) is 4.39 Å². The van der Waals surface area contributed by atoms with E-state index in [4.69, 9.17) is 9.15 Å². The Kier molecular flexibility index (Phi) is 3.99. The van der Waals surface area contributed by atoms with Crippen molar-refractivity contribution in [2.75, 3.05) is 0 Å². The SMILES string of the molecule is CC(F)c1nnc(-c2ccc(COc3cnccn3)nc2)o1. The lowest BCUT2D eigenvalue weighted by Crippen LogP contribution is -1.99. The summed E-state index contributed by atoms with van der Waals surface area (Å²) in [5.74, 6) is 0.602. The van der Waals surface area contributed by atoms with Crippen LogP contribution in [0.1, 0.15) is 24.7 Å². The van der Waals surface area contributed by atoms with E-state index in [-0.39, 0.29) is 18.4 Å². The van der Waals surface area contributed by atoms with E-state index in [2.05, 4.69) is 25.1 Å². The van der Waals surface area contributed by atoms with E-state index in [1.807, 2.05) is 0 Å².